The first-order valence-corrected chi connectivity index (χ1v) is 7.83. The summed E-state index contributed by atoms with van der Waals surface area (Å²) in [5.41, 5.74) is 5.78. The average molecular weight is 268 g/mol. The monoisotopic (exact) mass is 268 g/mol. The van der Waals surface area contributed by atoms with Crippen LogP contribution in [0.2, 0.25) is 0 Å². The number of likely N-dealkylation sites (tertiary alicyclic amines) is 1. The first-order chi connectivity index (χ1) is 9.22. The number of nitrogens with zero attached hydrogens (tertiary/aromatic N) is 1. The Labute approximate surface area is 116 Å². The summed E-state index contributed by atoms with van der Waals surface area (Å²) in [6, 6.07) is 0. The van der Waals surface area contributed by atoms with E-state index in [-0.39, 0.29) is 12.0 Å². The van der Waals surface area contributed by atoms with Gasteiger partial charge in [0.2, 0.25) is 0 Å². The van der Waals surface area contributed by atoms with Gasteiger partial charge in [0.15, 0.2) is 0 Å². The second-order valence-electron chi connectivity index (χ2n) is 6.05. The van der Waals surface area contributed by atoms with Crippen LogP contribution < -0.4 is 5.73 Å². The topological polar surface area (TPSA) is 55.6 Å². The minimum atomic E-state index is -0.294. The Morgan fingerprint density at radius 1 is 1.21 bits per heavy atom. The number of hydrogen-bond donors (Lipinski definition) is 1. The predicted octanol–water partition coefficient (Wildman–Crippen LogP) is 1.78. The minimum Gasteiger partial charge on any atom is -0.368 e. The lowest BCUT2D eigenvalue weighted by molar-refractivity contribution is -0.144. The van der Waals surface area contributed by atoms with E-state index in [1.807, 2.05) is 11.8 Å². The minimum absolute atomic E-state index is 0.169. The molecule has 3 unspecified atom stereocenters. The van der Waals surface area contributed by atoms with E-state index in [9.17, 15) is 4.79 Å². The molecule has 2 fully saturated rings. The van der Waals surface area contributed by atoms with Gasteiger partial charge in [-0.15, -0.1) is 0 Å². The highest BCUT2D eigenvalue weighted by atomic mass is 16.5. The molecule has 1 aliphatic carbocycles. The Hall–Kier alpha value is -0.610. The van der Waals surface area contributed by atoms with Crippen molar-refractivity contribution in [3.63, 3.8) is 0 Å². The van der Waals surface area contributed by atoms with Crippen molar-refractivity contribution in [2.24, 2.45) is 17.6 Å². The van der Waals surface area contributed by atoms with E-state index in [1.54, 1.807) is 0 Å². The van der Waals surface area contributed by atoms with E-state index in [0.29, 0.717) is 18.4 Å². The molecule has 1 aliphatic heterocycles. The number of carbonyl (C=O) groups excluding carboxylic acids is 1. The highest BCUT2D eigenvalue weighted by Gasteiger charge is 2.28. The molecular weight excluding hydrogens is 240 g/mol. The first kappa shape index (κ1) is 14.8. The van der Waals surface area contributed by atoms with Gasteiger partial charge in [-0.2, -0.15) is 0 Å². The number of rotatable bonds is 5. The normalized spacial score (nSPS) is 29.5. The van der Waals surface area contributed by atoms with Crippen LogP contribution in [0.4, 0.5) is 0 Å². The van der Waals surface area contributed by atoms with Crippen LogP contribution in [0.1, 0.15) is 45.4 Å². The fourth-order valence-corrected chi connectivity index (χ4v) is 3.35. The van der Waals surface area contributed by atoms with Crippen LogP contribution in [0, 0.1) is 11.8 Å². The Kier molecular flexibility index (Phi) is 5.64. The average Bonchev–Trinajstić information content (AvgIpc) is 2.92. The van der Waals surface area contributed by atoms with Crippen molar-refractivity contribution in [3.05, 3.63) is 0 Å². The highest BCUT2D eigenvalue weighted by Crippen LogP contribution is 2.31. The van der Waals surface area contributed by atoms with Gasteiger partial charge in [0.1, 0.15) is 6.10 Å². The van der Waals surface area contributed by atoms with Gasteiger partial charge in [-0.05, 0) is 57.4 Å². The summed E-state index contributed by atoms with van der Waals surface area (Å²) >= 11 is 0. The van der Waals surface area contributed by atoms with E-state index >= 15 is 0 Å². The largest absolute Gasteiger partial charge is 0.368 e. The molecule has 0 radical (unpaired) electrons. The van der Waals surface area contributed by atoms with Crippen molar-refractivity contribution in [2.75, 3.05) is 26.2 Å². The molecule has 0 aromatic rings. The fraction of sp³-hybridized carbons (Fsp3) is 0.933. The standard InChI is InChI=1S/C15H28N2O2/c1-12(15(18)17-8-3-2-4-9-17)19-11-14-7-5-6-13(14)10-16/h12-14H,2-11,16H2,1H3. The van der Waals surface area contributed by atoms with Crippen molar-refractivity contribution < 1.29 is 9.53 Å². The summed E-state index contributed by atoms with van der Waals surface area (Å²) in [4.78, 5) is 14.2. The van der Waals surface area contributed by atoms with Crippen LogP contribution in [0.5, 0.6) is 0 Å². The zero-order valence-electron chi connectivity index (χ0n) is 12.1. The molecule has 2 aliphatic rings. The molecule has 3 atom stereocenters. The maximum Gasteiger partial charge on any atom is 0.251 e. The maximum atomic E-state index is 12.2. The van der Waals surface area contributed by atoms with E-state index < -0.39 is 0 Å². The van der Waals surface area contributed by atoms with Crippen molar-refractivity contribution in [1.29, 1.82) is 0 Å². The smallest absolute Gasteiger partial charge is 0.251 e. The third kappa shape index (κ3) is 3.93. The molecule has 1 saturated heterocycles. The van der Waals surface area contributed by atoms with Crippen molar-refractivity contribution >= 4 is 5.91 Å². The van der Waals surface area contributed by atoms with Crippen LogP contribution in [-0.4, -0.2) is 43.2 Å². The molecule has 0 bridgehead atoms. The molecule has 4 nitrogen and oxygen atoms in total. The number of amides is 1. The van der Waals surface area contributed by atoms with E-state index in [0.717, 1.165) is 32.5 Å². The number of carbonyl (C=O) groups is 1. The summed E-state index contributed by atoms with van der Waals surface area (Å²) in [5, 5.41) is 0. The molecule has 2 rings (SSSR count). The second kappa shape index (κ2) is 7.25. The van der Waals surface area contributed by atoms with Crippen molar-refractivity contribution in [2.45, 2.75) is 51.6 Å². The van der Waals surface area contributed by atoms with Gasteiger partial charge in [0.05, 0.1) is 6.61 Å². The third-order valence-corrected chi connectivity index (χ3v) is 4.70. The first-order valence-electron chi connectivity index (χ1n) is 7.83. The van der Waals surface area contributed by atoms with Gasteiger partial charge in [-0.25, -0.2) is 0 Å². The van der Waals surface area contributed by atoms with Gasteiger partial charge < -0.3 is 15.4 Å². The van der Waals surface area contributed by atoms with E-state index in [2.05, 4.69) is 0 Å². The summed E-state index contributed by atoms with van der Waals surface area (Å²) < 4.78 is 5.83. The highest BCUT2D eigenvalue weighted by molar-refractivity contribution is 5.80. The van der Waals surface area contributed by atoms with Gasteiger partial charge in [0, 0.05) is 13.1 Å². The summed E-state index contributed by atoms with van der Waals surface area (Å²) in [7, 11) is 0. The van der Waals surface area contributed by atoms with Gasteiger partial charge in [-0.1, -0.05) is 6.42 Å². The zero-order valence-corrected chi connectivity index (χ0v) is 12.1. The zero-order chi connectivity index (χ0) is 13.7. The van der Waals surface area contributed by atoms with Crippen LogP contribution >= 0.6 is 0 Å². The van der Waals surface area contributed by atoms with Crippen LogP contribution in [0.3, 0.4) is 0 Å². The number of nitrogens with two attached hydrogens (primary N) is 1. The van der Waals surface area contributed by atoms with E-state index in [1.165, 1.54) is 25.7 Å². The molecule has 19 heavy (non-hydrogen) atoms. The molecule has 2 N–H and O–H groups in total. The number of hydrogen-bond acceptors (Lipinski definition) is 3. The van der Waals surface area contributed by atoms with Crippen LogP contribution in [-0.2, 0) is 9.53 Å². The molecule has 1 heterocycles. The molecule has 0 spiro atoms. The van der Waals surface area contributed by atoms with Crippen LogP contribution in [0.25, 0.3) is 0 Å². The second-order valence-corrected chi connectivity index (χ2v) is 6.05. The van der Waals surface area contributed by atoms with Crippen LogP contribution in [0.15, 0.2) is 0 Å². The van der Waals surface area contributed by atoms with Crippen molar-refractivity contribution in [1.82, 2.24) is 4.90 Å². The molecular formula is C15H28N2O2. The predicted molar refractivity (Wildman–Crippen MR) is 75.7 cm³/mol. The molecule has 4 heteroatoms. The summed E-state index contributed by atoms with van der Waals surface area (Å²) in [6.45, 7) is 5.15. The Morgan fingerprint density at radius 3 is 2.58 bits per heavy atom. The molecule has 1 saturated carbocycles. The summed E-state index contributed by atoms with van der Waals surface area (Å²) in [5.74, 6) is 1.32. The quantitative estimate of drug-likeness (QED) is 0.827. The maximum absolute atomic E-state index is 12.2. The number of piperidine rings is 1. The molecule has 0 aromatic carbocycles. The summed E-state index contributed by atoms with van der Waals surface area (Å²) in [6.07, 6.45) is 6.90. The lowest BCUT2D eigenvalue weighted by Gasteiger charge is -2.29. The Morgan fingerprint density at radius 2 is 1.89 bits per heavy atom. The van der Waals surface area contributed by atoms with Crippen molar-refractivity contribution in [3.8, 4) is 0 Å². The molecule has 0 aromatic heterocycles. The van der Waals surface area contributed by atoms with Gasteiger partial charge in [0.25, 0.3) is 5.91 Å². The fourth-order valence-electron chi connectivity index (χ4n) is 3.35. The molecule has 110 valence electrons. The number of ether oxygens (including phenoxy) is 1. The van der Waals surface area contributed by atoms with E-state index in [4.69, 9.17) is 10.5 Å². The lowest BCUT2D eigenvalue weighted by Crippen LogP contribution is -2.42. The van der Waals surface area contributed by atoms with Gasteiger partial charge in [-0.3, -0.25) is 4.79 Å². The SMILES string of the molecule is CC(OCC1CCCC1CN)C(=O)N1CCCCC1. The lowest BCUT2D eigenvalue weighted by atomic mass is 9.97. The Bertz CT molecular complexity index is 290. The Balaban J connectivity index is 1.73. The van der Waals surface area contributed by atoms with Gasteiger partial charge >= 0.3 is 0 Å². The molecule has 1 amide bonds. The third-order valence-electron chi connectivity index (χ3n) is 4.70.